The Kier molecular flexibility index (Phi) is 5.49. The lowest BCUT2D eigenvalue weighted by Gasteiger charge is -2.21. The number of anilines is 1. The molecule has 1 heterocycles. The number of hydrazone groups is 1. The van der Waals surface area contributed by atoms with Gasteiger partial charge in [-0.25, -0.2) is 16.8 Å². The number of hydrogen-bond donors (Lipinski definition) is 1. The molecule has 0 radical (unpaired) electrons. The third-order valence-corrected chi connectivity index (χ3v) is 6.86. The topological polar surface area (TPSA) is 95.9 Å². The van der Waals surface area contributed by atoms with E-state index in [0.717, 1.165) is 21.8 Å². The normalized spacial score (nSPS) is 17.5. The molecule has 3 rings (SSSR count). The fraction of sp³-hybridized carbons (Fsp3) is 0.316. The SMILES string of the molecule is CCS(=O)(=O)Nc1ccccc1C1=NN(S(C)(=O)=O)[C@H](c2ccc(C)cc2)C1. The van der Waals surface area contributed by atoms with Crippen LogP contribution in [-0.4, -0.2) is 39.0 Å². The van der Waals surface area contributed by atoms with Gasteiger partial charge < -0.3 is 0 Å². The van der Waals surface area contributed by atoms with Crippen LogP contribution in [0.5, 0.6) is 0 Å². The zero-order chi connectivity index (χ0) is 20.5. The maximum absolute atomic E-state index is 12.3. The highest BCUT2D eigenvalue weighted by atomic mass is 32.2. The molecule has 1 N–H and O–H groups in total. The quantitative estimate of drug-likeness (QED) is 0.776. The van der Waals surface area contributed by atoms with Crippen LogP contribution < -0.4 is 4.72 Å². The smallest absolute Gasteiger partial charge is 0.247 e. The lowest BCUT2D eigenvalue weighted by atomic mass is 9.98. The van der Waals surface area contributed by atoms with Crippen LogP contribution in [0.1, 0.15) is 36.1 Å². The van der Waals surface area contributed by atoms with Gasteiger partial charge in [0.25, 0.3) is 0 Å². The molecule has 1 aliphatic heterocycles. The number of para-hydroxylation sites is 1. The van der Waals surface area contributed by atoms with E-state index in [0.29, 0.717) is 23.4 Å². The molecule has 0 unspecified atom stereocenters. The zero-order valence-electron chi connectivity index (χ0n) is 16.0. The highest BCUT2D eigenvalue weighted by Gasteiger charge is 2.35. The fourth-order valence-corrected chi connectivity index (χ4v) is 4.62. The number of nitrogens with zero attached hydrogens (tertiary/aromatic N) is 2. The Bertz CT molecular complexity index is 1110. The van der Waals surface area contributed by atoms with Crippen LogP contribution in [0.15, 0.2) is 53.6 Å². The second-order valence-corrected chi connectivity index (χ2v) is 10.6. The third kappa shape index (κ3) is 4.36. The van der Waals surface area contributed by atoms with Gasteiger partial charge in [0.15, 0.2) is 0 Å². The van der Waals surface area contributed by atoms with E-state index in [4.69, 9.17) is 0 Å². The number of aryl methyl sites for hydroxylation is 1. The monoisotopic (exact) mass is 421 g/mol. The van der Waals surface area contributed by atoms with E-state index < -0.39 is 26.1 Å². The largest absolute Gasteiger partial charge is 0.283 e. The van der Waals surface area contributed by atoms with E-state index >= 15 is 0 Å². The van der Waals surface area contributed by atoms with Crippen molar-refractivity contribution in [2.75, 3.05) is 16.7 Å². The molecular weight excluding hydrogens is 398 g/mol. The van der Waals surface area contributed by atoms with Crippen LogP contribution >= 0.6 is 0 Å². The van der Waals surface area contributed by atoms with Crippen LogP contribution in [0.4, 0.5) is 5.69 Å². The molecule has 2 aromatic carbocycles. The van der Waals surface area contributed by atoms with Gasteiger partial charge in [-0.3, -0.25) is 4.72 Å². The van der Waals surface area contributed by atoms with Gasteiger partial charge in [-0.2, -0.15) is 9.52 Å². The van der Waals surface area contributed by atoms with Crippen molar-refractivity contribution in [3.05, 3.63) is 65.2 Å². The Morgan fingerprint density at radius 3 is 2.32 bits per heavy atom. The van der Waals surface area contributed by atoms with Crippen LogP contribution in [0.25, 0.3) is 0 Å². The minimum absolute atomic E-state index is 0.0603. The van der Waals surface area contributed by atoms with E-state index in [1.54, 1.807) is 31.2 Å². The molecule has 0 fully saturated rings. The molecule has 28 heavy (non-hydrogen) atoms. The van der Waals surface area contributed by atoms with Crippen molar-refractivity contribution < 1.29 is 16.8 Å². The molecule has 0 amide bonds. The summed E-state index contributed by atoms with van der Waals surface area (Å²) in [5.41, 5.74) is 3.39. The van der Waals surface area contributed by atoms with Crippen molar-refractivity contribution in [3.63, 3.8) is 0 Å². The first-order valence-electron chi connectivity index (χ1n) is 8.84. The first-order chi connectivity index (χ1) is 13.1. The first-order valence-corrected chi connectivity index (χ1v) is 12.3. The van der Waals surface area contributed by atoms with Crippen molar-refractivity contribution in [3.8, 4) is 0 Å². The van der Waals surface area contributed by atoms with Crippen molar-refractivity contribution in [2.24, 2.45) is 5.10 Å². The summed E-state index contributed by atoms with van der Waals surface area (Å²) in [6.45, 7) is 3.52. The molecular formula is C19H23N3O4S2. The second-order valence-electron chi connectivity index (χ2n) is 6.76. The molecule has 0 spiro atoms. The highest BCUT2D eigenvalue weighted by Crippen LogP contribution is 2.36. The first kappa shape index (κ1) is 20.3. The minimum Gasteiger partial charge on any atom is -0.283 e. The van der Waals surface area contributed by atoms with Gasteiger partial charge in [0.05, 0.1) is 29.4 Å². The van der Waals surface area contributed by atoms with Gasteiger partial charge in [-0.15, -0.1) is 0 Å². The Balaban J connectivity index is 2.03. The number of nitrogens with one attached hydrogen (secondary N) is 1. The predicted molar refractivity (Wildman–Crippen MR) is 111 cm³/mol. The van der Waals surface area contributed by atoms with Gasteiger partial charge in [-0.1, -0.05) is 48.0 Å². The summed E-state index contributed by atoms with van der Waals surface area (Å²) in [5.74, 6) is -0.0603. The van der Waals surface area contributed by atoms with Gasteiger partial charge in [0.1, 0.15) is 0 Å². The summed E-state index contributed by atoms with van der Waals surface area (Å²) in [4.78, 5) is 0. The highest BCUT2D eigenvalue weighted by molar-refractivity contribution is 7.92. The molecule has 1 aliphatic rings. The maximum Gasteiger partial charge on any atom is 0.247 e. The molecule has 7 nitrogen and oxygen atoms in total. The third-order valence-electron chi connectivity index (χ3n) is 4.56. The molecule has 2 aromatic rings. The number of hydrogen-bond acceptors (Lipinski definition) is 5. The Hall–Kier alpha value is -2.39. The summed E-state index contributed by atoms with van der Waals surface area (Å²) in [5, 5.41) is 4.35. The zero-order valence-corrected chi connectivity index (χ0v) is 17.6. The van der Waals surface area contributed by atoms with E-state index in [1.165, 1.54) is 0 Å². The Labute approximate surface area is 166 Å². The van der Waals surface area contributed by atoms with Gasteiger partial charge in [0.2, 0.25) is 20.0 Å². The van der Waals surface area contributed by atoms with Gasteiger partial charge in [0, 0.05) is 12.0 Å². The molecule has 0 aromatic heterocycles. The van der Waals surface area contributed by atoms with E-state index in [-0.39, 0.29) is 5.75 Å². The molecule has 0 aliphatic carbocycles. The predicted octanol–water partition coefficient (Wildman–Crippen LogP) is 2.87. The minimum atomic E-state index is -3.60. The summed E-state index contributed by atoms with van der Waals surface area (Å²) >= 11 is 0. The molecule has 1 atom stereocenters. The summed E-state index contributed by atoms with van der Waals surface area (Å²) in [7, 11) is -7.07. The summed E-state index contributed by atoms with van der Waals surface area (Å²) in [6.07, 6.45) is 1.47. The summed E-state index contributed by atoms with van der Waals surface area (Å²) in [6, 6.07) is 14.0. The average Bonchev–Trinajstić information content (AvgIpc) is 3.08. The van der Waals surface area contributed by atoms with Crippen LogP contribution in [0, 0.1) is 6.92 Å². The summed E-state index contributed by atoms with van der Waals surface area (Å²) < 4.78 is 52.4. The molecule has 150 valence electrons. The van der Waals surface area contributed by atoms with Crippen molar-refractivity contribution in [1.82, 2.24) is 4.41 Å². The number of benzene rings is 2. The molecule has 9 heteroatoms. The average molecular weight is 422 g/mol. The van der Waals surface area contributed by atoms with E-state index in [2.05, 4.69) is 9.82 Å². The van der Waals surface area contributed by atoms with Crippen LogP contribution in [0.3, 0.4) is 0 Å². The standard InChI is InChI=1S/C19H23N3O4S2/c1-4-28(25,26)21-17-8-6-5-7-16(17)18-13-19(22(20-18)27(3,23)24)15-11-9-14(2)10-12-15/h5-12,19,21H,4,13H2,1-3H3/t19-/m0/s1. The van der Waals surface area contributed by atoms with Crippen molar-refractivity contribution in [2.45, 2.75) is 26.3 Å². The Morgan fingerprint density at radius 2 is 1.71 bits per heavy atom. The lowest BCUT2D eigenvalue weighted by Crippen LogP contribution is -2.25. The molecule has 0 bridgehead atoms. The van der Waals surface area contributed by atoms with Gasteiger partial charge >= 0.3 is 0 Å². The Morgan fingerprint density at radius 1 is 1.07 bits per heavy atom. The van der Waals surface area contributed by atoms with Gasteiger partial charge in [-0.05, 0) is 25.5 Å². The van der Waals surface area contributed by atoms with E-state index in [1.807, 2.05) is 31.2 Å². The number of sulfonamides is 2. The molecule has 0 saturated heterocycles. The van der Waals surface area contributed by atoms with Crippen molar-refractivity contribution in [1.29, 1.82) is 0 Å². The molecule has 0 saturated carbocycles. The van der Waals surface area contributed by atoms with Crippen LogP contribution in [0.2, 0.25) is 0 Å². The maximum atomic E-state index is 12.3. The van der Waals surface area contributed by atoms with Crippen LogP contribution in [-0.2, 0) is 20.0 Å². The van der Waals surface area contributed by atoms with Crippen molar-refractivity contribution >= 4 is 31.4 Å². The second kappa shape index (κ2) is 7.56. The number of rotatable bonds is 6. The van der Waals surface area contributed by atoms with E-state index in [9.17, 15) is 16.8 Å². The lowest BCUT2D eigenvalue weighted by molar-refractivity contribution is 0.375. The fourth-order valence-electron chi connectivity index (χ4n) is 3.06.